The second kappa shape index (κ2) is 8.32. The molecule has 2 N–H and O–H groups in total. The van der Waals surface area contributed by atoms with Crippen molar-refractivity contribution in [3.8, 4) is 0 Å². The average molecular weight is 385 g/mol. The molecule has 11 heteroatoms. The molecule has 2 unspecified atom stereocenters. The molecule has 2 heterocycles. The maximum Gasteiger partial charge on any atom is 0.352 e. The molecule has 0 saturated carbocycles. The fourth-order valence-corrected chi connectivity index (χ4v) is 3.98. The number of aliphatic carboxylic acids is 1. The van der Waals surface area contributed by atoms with Crippen LogP contribution in [0.3, 0.4) is 0 Å². The number of oxime groups is 1. The Morgan fingerprint density at radius 3 is 2.62 bits per heavy atom. The van der Waals surface area contributed by atoms with Gasteiger partial charge in [0.2, 0.25) is 5.71 Å². The summed E-state index contributed by atoms with van der Waals surface area (Å²) in [6, 6.07) is -0.947. The molecule has 1 fully saturated rings. The minimum Gasteiger partial charge on any atom is -0.477 e. The second-order valence-electron chi connectivity index (χ2n) is 5.45. The van der Waals surface area contributed by atoms with Crippen molar-refractivity contribution in [2.45, 2.75) is 24.8 Å². The first-order valence-electron chi connectivity index (χ1n) is 7.71. The molecule has 0 aromatic rings. The van der Waals surface area contributed by atoms with Gasteiger partial charge >= 0.3 is 5.97 Å². The highest BCUT2D eigenvalue weighted by Crippen LogP contribution is 2.40. The van der Waals surface area contributed by atoms with Crippen molar-refractivity contribution in [1.29, 1.82) is 0 Å². The van der Waals surface area contributed by atoms with Gasteiger partial charge in [0.1, 0.15) is 24.2 Å². The predicted molar refractivity (Wildman–Crippen MR) is 91.3 cm³/mol. The summed E-state index contributed by atoms with van der Waals surface area (Å²) in [4.78, 5) is 53.6. The number of rotatable bonds is 8. The molecule has 0 bridgehead atoms. The van der Waals surface area contributed by atoms with Crippen LogP contribution < -0.4 is 5.32 Å². The molecule has 2 aliphatic heterocycles. The van der Waals surface area contributed by atoms with Gasteiger partial charge in [-0.15, -0.1) is 11.8 Å². The van der Waals surface area contributed by atoms with Crippen LogP contribution in [-0.2, 0) is 28.8 Å². The summed E-state index contributed by atoms with van der Waals surface area (Å²) in [5, 5.41) is 14.7. The normalized spacial score (nSPS) is 22.5. The van der Waals surface area contributed by atoms with Crippen LogP contribution in [0, 0.1) is 0 Å². The summed E-state index contributed by atoms with van der Waals surface area (Å²) in [6.45, 7) is 1.66. The fourth-order valence-electron chi connectivity index (χ4n) is 2.66. The van der Waals surface area contributed by atoms with E-state index in [4.69, 9.17) is 4.74 Å². The van der Waals surface area contributed by atoms with Crippen LogP contribution in [0.5, 0.6) is 0 Å². The highest BCUT2D eigenvalue weighted by atomic mass is 32.2. The van der Waals surface area contributed by atoms with E-state index in [9.17, 15) is 24.3 Å². The van der Waals surface area contributed by atoms with Gasteiger partial charge in [0.15, 0.2) is 5.78 Å². The van der Waals surface area contributed by atoms with E-state index in [0.29, 0.717) is 11.3 Å². The zero-order valence-corrected chi connectivity index (χ0v) is 15.3. The number of hydrogen-bond acceptors (Lipinski definition) is 8. The number of nitrogens with zero attached hydrogens (tertiary/aromatic N) is 2. The fraction of sp³-hybridized carbons (Fsp3) is 0.533. The number of β-lactam (4-membered cyclic amide) rings is 1. The number of Topliss-reactive ketones (excluding diaryl/α,β-unsaturated/α-hetero) is 1. The van der Waals surface area contributed by atoms with Crippen LogP contribution in [-0.4, -0.2) is 77.3 Å². The number of ketones is 1. The smallest absolute Gasteiger partial charge is 0.352 e. The van der Waals surface area contributed by atoms with Gasteiger partial charge in [0.25, 0.3) is 11.8 Å². The number of amides is 2. The molecule has 1 saturated heterocycles. The monoisotopic (exact) mass is 385 g/mol. The zero-order chi connectivity index (χ0) is 19.4. The molecule has 2 amide bonds. The number of carboxylic acids is 1. The lowest BCUT2D eigenvalue weighted by atomic mass is 10.0. The molecule has 2 aliphatic rings. The third kappa shape index (κ3) is 3.58. The van der Waals surface area contributed by atoms with Crippen molar-refractivity contribution in [2.75, 3.05) is 26.6 Å². The summed E-state index contributed by atoms with van der Waals surface area (Å²) in [5.74, 6) is -2.81. The first kappa shape index (κ1) is 19.9. The van der Waals surface area contributed by atoms with Crippen molar-refractivity contribution in [3.63, 3.8) is 0 Å². The summed E-state index contributed by atoms with van der Waals surface area (Å²) in [5.41, 5.74) is -0.0696. The third-order valence-electron chi connectivity index (χ3n) is 3.84. The van der Waals surface area contributed by atoms with E-state index in [1.165, 1.54) is 26.0 Å². The molecule has 0 spiro atoms. The Bertz CT molecular complexity index is 703. The van der Waals surface area contributed by atoms with Crippen LogP contribution in [0.1, 0.15) is 13.3 Å². The number of hydrogen-bond donors (Lipinski definition) is 2. The van der Waals surface area contributed by atoms with E-state index >= 15 is 0 Å². The van der Waals surface area contributed by atoms with Crippen molar-refractivity contribution < 1.29 is 33.9 Å². The molecule has 0 radical (unpaired) electrons. The topological polar surface area (TPSA) is 135 Å². The molecular formula is C15H19N3O7S. The first-order chi connectivity index (χ1) is 12.4. The Morgan fingerprint density at radius 1 is 1.38 bits per heavy atom. The number of carbonyl (C=O) groups excluding carboxylic acids is 3. The van der Waals surface area contributed by atoms with Crippen molar-refractivity contribution in [1.82, 2.24) is 10.2 Å². The lowest BCUT2D eigenvalue weighted by Crippen LogP contribution is -2.71. The van der Waals surface area contributed by atoms with Crippen LogP contribution in [0.15, 0.2) is 16.4 Å². The lowest BCUT2D eigenvalue weighted by Gasteiger charge is -2.49. The first-order valence-corrected chi connectivity index (χ1v) is 8.76. The Labute approximate surface area is 153 Å². The van der Waals surface area contributed by atoms with E-state index in [0.717, 1.165) is 4.90 Å². The SMILES string of the molecule is CCC(=O)/C(=N/OC)C(=O)NC1C(=O)N2C(C(=O)O)=C(COC)CSC12. The van der Waals surface area contributed by atoms with Crippen molar-refractivity contribution in [3.05, 3.63) is 11.3 Å². The van der Waals surface area contributed by atoms with E-state index in [1.807, 2.05) is 0 Å². The Balaban J connectivity index is 2.18. The Morgan fingerprint density at radius 2 is 2.08 bits per heavy atom. The Kier molecular flexibility index (Phi) is 6.37. The second-order valence-corrected chi connectivity index (χ2v) is 6.56. The van der Waals surface area contributed by atoms with Crippen molar-refractivity contribution in [2.24, 2.45) is 5.16 Å². The highest BCUT2D eigenvalue weighted by Gasteiger charge is 2.54. The van der Waals surface area contributed by atoms with Gasteiger partial charge in [-0.1, -0.05) is 12.1 Å². The molecule has 26 heavy (non-hydrogen) atoms. The largest absolute Gasteiger partial charge is 0.477 e. The number of thioether (sulfide) groups is 1. The Hall–Kier alpha value is -2.40. The molecular weight excluding hydrogens is 366 g/mol. The minimum atomic E-state index is -1.23. The zero-order valence-electron chi connectivity index (χ0n) is 14.5. The quantitative estimate of drug-likeness (QED) is 0.244. The maximum atomic E-state index is 12.4. The van der Waals surface area contributed by atoms with Gasteiger partial charge in [-0.25, -0.2) is 4.79 Å². The number of nitrogens with one attached hydrogen (secondary N) is 1. The van der Waals surface area contributed by atoms with Gasteiger partial charge in [0, 0.05) is 19.3 Å². The summed E-state index contributed by atoms with van der Waals surface area (Å²) in [6.07, 6.45) is 0.0464. The molecule has 0 aromatic carbocycles. The van der Waals surface area contributed by atoms with Crippen LogP contribution in [0.4, 0.5) is 0 Å². The summed E-state index contributed by atoms with van der Waals surface area (Å²) >= 11 is 1.31. The number of carboxylic acid groups (broad SMARTS) is 1. The maximum absolute atomic E-state index is 12.4. The number of carbonyl (C=O) groups is 4. The van der Waals surface area contributed by atoms with Gasteiger partial charge in [-0.05, 0) is 5.57 Å². The highest BCUT2D eigenvalue weighted by molar-refractivity contribution is 8.00. The van der Waals surface area contributed by atoms with Gasteiger partial charge in [-0.2, -0.15) is 0 Å². The number of fused-ring (bicyclic) bond motifs is 1. The lowest BCUT2D eigenvalue weighted by molar-refractivity contribution is -0.150. The number of ether oxygens (including phenoxy) is 1. The molecule has 10 nitrogen and oxygen atoms in total. The number of methoxy groups -OCH3 is 1. The van der Waals surface area contributed by atoms with Gasteiger partial charge in [-0.3, -0.25) is 19.3 Å². The van der Waals surface area contributed by atoms with Gasteiger partial charge in [0.05, 0.1) is 6.61 Å². The minimum absolute atomic E-state index is 0.0464. The molecule has 2 atom stereocenters. The summed E-state index contributed by atoms with van der Waals surface area (Å²) in [7, 11) is 2.64. The third-order valence-corrected chi connectivity index (χ3v) is 5.18. The predicted octanol–water partition coefficient (Wildman–Crippen LogP) is -0.647. The van der Waals surface area contributed by atoms with E-state index in [2.05, 4.69) is 15.3 Å². The van der Waals surface area contributed by atoms with Gasteiger partial charge < -0.3 is 20.0 Å². The summed E-state index contributed by atoms with van der Waals surface area (Å²) < 4.78 is 4.98. The van der Waals surface area contributed by atoms with E-state index in [1.54, 1.807) is 6.92 Å². The molecule has 142 valence electrons. The molecule has 2 rings (SSSR count). The standard InChI is InChI=1S/C15H19N3O7S/c1-4-8(19)9(17-25-3)12(20)16-10-13(21)18-11(15(22)23)7(5-24-2)6-26-14(10)18/h10,14H,4-6H2,1-3H3,(H,16,20)(H,22,23)/b17-9-. The van der Waals surface area contributed by atoms with Crippen LogP contribution in [0.2, 0.25) is 0 Å². The molecule has 0 aliphatic carbocycles. The van der Waals surface area contributed by atoms with Crippen LogP contribution in [0.25, 0.3) is 0 Å². The van der Waals surface area contributed by atoms with E-state index < -0.39 is 40.7 Å². The molecule has 0 aromatic heterocycles. The van der Waals surface area contributed by atoms with E-state index in [-0.39, 0.29) is 18.7 Å². The van der Waals surface area contributed by atoms with Crippen molar-refractivity contribution >= 4 is 41.0 Å². The van der Waals surface area contributed by atoms with Crippen LogP contribution >= 0.6 is 11.8 Å². The average Bonchev–Trinajstić information content (AvgIpc) is 2.62.